The Hall–Kier alpha value is -4.78. The van der Waals surface area contributed by atoms with Crippen LogP contribution in [0.15, 0.2) is 90.0 Å². The second-order valence-electron chi connectivity index (χ2n) is 7.93. The van der Waals surface area contributed by atoms with E-state index in [1.54, 1.807) is 36.4 Å². The number of aryl methyl sites for hydroxylation is 2. The molecule has 0 aromatic heterocycles. The number of amides is 2. The van der Waals surface area contributed by atoms with Crippen LogP contribution in [0, 0.1) is 13.8 Å². The molecule has 0 saturated carbocycles. The Kier molecular flexibility index (Phi) is 6.97. The summed E-state index contributed by atoms with van der Waals surface area (Å²) in [6, 6.07) is 25.2. The van der Waals surface area contributed by atoms with E-state index in [0.29, 0.717) is 16.8 Å². The number of hydrazone groups is 1. The van der Waals surface area contributed by atoms with E-state index in [-0.39, 0.29) is 5.75 Å². The van der Waals surface area contributed by atoms with Crippen molar-refractivity contribution in [2.45, 2.75) is 13.8 Å². The van der Waals surface area contributed by atoms with Crippen molar-refractivity contribution >= 4 is 40.5 Å². The molecule has 0 saturated heterocycles. The van der Waals surface area contributed by atoms with Gasteiger partial charge in [-0.05, 0) is 54.4 Å². The van der Waals surface area contributed by atoms with Crippen LogP contribution in [0.25, 0.3) is 10.8 Å². The van der Waals surface area contributed by atoms with E-state index < -0.39 is 17.8 Å². The molecular formula is C28H23N3O4. The van der Waals surface area contributed by atoms with Gasteiger partial charge in [0, 0.05) is 11.3 Å². The lowest BCUT2D eigenvalue weighted by atomic mass is 10.0. The number of para-hydroxylation sites is 1. The van der Waals surface area contributed by atoms with E-state index in [9.17, 15) is 14.4 Å². The standard InChI is InChI=1S/C28H23N3O4/c1-18-8-7-11-21(16-18)28(34)35-25-15-14-20-10-4-5-12-22(20)23(25)17-29-31-27(33)26(32)30-24-13-6-3-9-19(24)2/h3-17H,1-2H3,(H,30,32)(H,31,33). The number of benzene rings is 4. The summed E-state index contributed by atoms with van der Waals surface area (Å²) in [5.74, 6) is -2.01. The molecule has 0 atom stereocenters. The molecule has 2 N–H and O–H groups in total. The Morgan fingerprint density at radius 3 is 2.40 bits per heavy atom. The van der Waals surface area contributed by atoms with Gasteiger partial charge in [0.05, 0.1) is 11.8 Å². The molecule has 0 spiro atoms. The lowest BCUT2D eigenvalue weighted by Gasteiger charge is -2.11. The van der Waals surface area contributed by atoms with Gasteiger partial charge >= 0.3 is 17.8 Å². The maximum atomic E-state index is 12.7. The highest BCUT2D eigenvalue weighted by molar-refractivity contribution is 6.39. The van der Waals surface area contributed by atoms with Crippen LogP contribution in [-0.2, 0) is 9.59 Å². The third-order valence-corrected chi connectivity index (χ3v) is 5.35. The van der Waals surface area contributed by atoms with Crippen LogP contribution in [0.2, 0.25) is 0 Å². The minimum absolute atomic E-state index is 0.276. The zero-order valence-electron chi connectivity index (χ0n) is 19.2. The van der Waals surface area contributed by atoms with Crippen LogP contribution in [0.4, 0.5) is 5.69 Å². The van der Waals surface area contributed by atoms with Crippen molar-refractivity contribution in [3.05, 3.63) is 107 Å². The fraction of sp³-hybridized carbons (Fsp3) is 0.0714. The molecule has 0 aliphatic rings. The number of esters is 1. The molecule has 4 rings (SSSR count). The Bertz CT molecular complexity index is 1460. The average molecular weight is 466 g/mol. The van der Waals surface area contributed by atoms with Gasteiger partial charge in [-0.1, -0.05) is 66.2 Å². The zero-order valence-corrected chi connectivity index (χ0v) is 19.2. The zero-order chi connectivity index (χ0) is 24.8. The molecule has 2 amide bonds. The third kappa shape index (κ3) is 5.59. The lowest BCUT2D eigenvalue weighted by molar-refractivity contribution is -0.136. The number of hydrogen-bond donors (Lipinski definition) is 2. The SMILES string of the molecule is Cc1cccc(C(=O)Oc2ccc3ccccc3c2C=NNC(=O)C(=O)Nc2ccccc2C)c1. The summed E-state index contributed by atoms with van der Waals surface area (Å²) in [5, 5.41) is 8.17. The minimum Gasteiger partial charge on any atom is -0.422 e. The molecule has 0 fully saturated rings. The summed E-state index contributed by atoms with van der Waals surface area (Å²) in [4.78, 5) is 37.3. The summed E-state index contributed by atoms with van der Waals surface area (Å²) in [7, 11) is 0. The van der Waals surface area contributed by atoms with Gasteiger partial charge in [0.2, 0.25) is 0 Å². The maximum Gasteiger partial charge on any atom is 0.343 e. The molecule has 0 heterocycles. The average Bonchev–Trinajstić information content (AvgIpc) is 2.86. The Labute approximate surface area is 202 Å². The quantitative estimate of drug-likeness (QED) is 0.146. The monoisotopic (exact) mass is 465 g/mol. The molecule has 174 valence electrons. The van der Waals surface area contributed by atoms with Gasteiger partial charge in [-0.2, -0.15) is 5.10 Å². The molecule has 7 nitrogen and oxygen atoms in total. The Morgan fingerprint density at radius 1 is 0.829 bits per heavy atom. The molecule has 0 unspecified atom stereocenters. The largest absolute Gasteiger partial charge is 0.422 e. The highest BCUT2D eigenvalue weighted by Gasteiger charge is 2.16. The first-order valence-corrected chi connectivity index (χ1v) is 10.9. The molecule has 4 aromatic rings. The van der Waals surface area contributed by atoms with Crippen LogP contribution >= 0.6 is 0 Å². The molecule has 0 radical (unpaired) electrons. The number of nitrogens with one attached hydrogen (secondary N) is 2. The number of hydrogen-bond acceptors (Lipinski definition) is 5. The molecular weight excluding hydrogens is 442 g/mol. The number of carbonyl (C=O) groups excluding carboxylic acids is 3. The molecule has 0 aliphatic heterocycles. The molecule has 0 bridgehead atoms. The predicted molar refractivity (Wildman–Crippen MR) is 136 cm³/mol. The lowest BCUT2D eigenvalue weighted by Crippen LogP contribution is -2.32. The first-order chi connectivity index (χ1) is 16.9. The van der Waals surface area contributed by atoms with E-state index in [1.165, 1.54) is 6.21 Å². The van der Waals surface area contributed by atoms with E-state index in [0.717, 1.165) is 21.9 Å². The summed E-state index contributed by atoms with van der Waals surface area (Å²) in [6.07, 6.45) is 1.36. The second kappa shape index (κ2) is 10.4. The first-order valence-electron chi connectivity index (χ1n) is 10.9. The van der Waals surface area contributed by atoms with Crippen molar-refractivity contribution in [1.82, 2.24) is 5.43 Å². The second-order valence-corrected chi connectivity index (χ2v) is 7.93. The van der Waals surface area contributed by atoms with Gasteiger partial charge in [0.25, 0.3) is 0 Å². The van der Waals surface area contributed by atoms with Gasteiger partial charge in [0.1, 0.15) is 5.75 Å². The number of anilines is 1. The third-order valence-electron chi connectivity index (χ3n) is 5.35. The number of nitrogens with zero attached hydrogens (tertiary/aromatic N) is 1. The Morgan fingerprint density at radius 2 is 1.60 bits per heavy atom. The van der Waals surface area contributed by atoms with Crippen molar-refractivity contribution in [2.75, 3.05) is 5.32 Å². The predicted octanol–water partition coefficient (Wildman–Crippen LogP) is 4.76. The van der Waals surface area contributed by atoms with Crippen molar-refractivity contribution in [3.8, 4) is 5.75 Å². The minimum atomic E-state index is -0.928. The van der Waals surface area contributed by atoms with Crippen LogP contribution in [-0.4, -0.2) is 24.0 Å². The number of carbonyl (C=O) groups is 3. The van der Waals surface area contributed by atoms with E-state index in [2.05, 4.69) is 15.8 Å². The van der Waals surface area contributed by atoms with Crippen molar-refractivity contribution in [3.63, 3.8) is 0 Å². The van der Waals surface area contributed by atoms with Crippen molar-refractivity contribution in [1.29, 1.82) is 0 Å². The number of ether oxygens (including phenoxy) is 1. The molecule has 7 heteroatoms. The molecule has 35 heavy (non-hydrogen) atoms. The maximum absolute atomic E-state index is 12.7. The number of fused-ring (bicyclic) bond motifs is 1. The van der Waals surface area contributed by atoms with Crippen LogP contribution in [0.1, 0.15) is 27.0 Å². The first kappa shape index (κ1) is 23.4. The fourth-order valence-electron chi connectivity index (χ4n) is 3.53. The van der Waals surface area contributed by atoms with Gasteiger partial charge in [-0.3, -0.25) is 9.59 Å². The Balaban J connectivity index is 1.55. The van der Waals surface area contributed by atoms with Gasteiger partial charge in [-0.25, -0.2) is 10.2 Å². The summed E-state index contributed by atoms with van der Waals surface area (Å²) in [6.45, 7) is 3.72. The van der Waals surface area contributed by atoms with E-state index in [4.69, 9.17) is 4.74 Å². The smallest absolute Gasteiger partial charge is 0.343 e. The van der Waals surface area contributed by atoms with Gasteiger partial charge in [0.15, 0.2) is 0 Å². The fourth-order valence-corrected chi connectivity index (χ4v) is 3.53. The van der Waals surface area contributed by atoms with Crippen LogP contribution in [0.3, 0.4) is 0 Å². The molecule has 4 aromatic carbocycles. The highest BCUT2D eigenvalue weighted by Crippen LogP contribution is 2.27. The van der Waals surface area contributed by atoms with E-state index in [1.807, 2.05) is 62.4 Å². The van der Waals surface area contributed by atoms with Crippen LogP contribution in [0.5, 0.6) is 5.75 Å². The summed E-state index contributed by atoms with van der Waals surface area (Å²) < 4.78 is 5.67. The summed E-state index contributed by atoms with van der Waals surface area (Å²) >= 11 is 0. The van der Waals surface area contributed by atoms with Crippen LogP contribution < -0.4 is 15.5 Å². The normalized spacial score (nSPS) is 10.8. The van der Waals surface area contributed by atoms with Gasteiger partial charge < -0.3 is 10.1 Å². The molecule has 0 aliphatic carbocycles. The van der Waals surface area contributed by atoms with E-state index >= 15 is 0 Å². The highest BCUT2D eigenvalue weighted by atomic mass is 16.5. The van der Waals surface area contributed by atoms with Crippen molar-refractivity contribution in [2.24, 2.45) is 5.10 Å². The summed E-state index contributed by atoms with van der Waals surface area (Å²) in [5.41, 5.74) is 5.44. The topological polar surface area (TPSA) is 96.9 Å². The number of rotatable bonds is 5. The van der Waals surface area contributed by atoms with Crippen molar-refractivity contribution < 1.29 is 19.1 Å². The van der Waals surface area contributed by atoms with Gasteiger partial charge in [-0.15, -0.1) is 0 Å².